The van der Waals surface area contributed by atoms with Gasteiger partial charge >= 0.3 is 5.97 Å². The molecule has 1 aromatic rings. The highest BCUT2D eigenvalue weighted by Crippen LogP contribution is 2.26. The number of aliphatic hydroxyl groups excluding tert-OH is 1. The Hall–Kier alpha value is -0.670. The summed E-state index contributed by atoms with van der Waals surface area (Å²) < 4.78 is 1.50. The minimum absolute atomic E-state index is 0.0493. The van der Waals surface area contributed by atoms with Crippen LogP contribution in [-0.2, 0) is 4.79 Å². The van der Waals surface area contributed by atoms with E-state index in [0.717, 1.165) is 3.57 Å². The molecule has 0 aliphatic carbocycles. The Balaban J connectivity index is 2.33. The average molecular weight is 440 g/mol. The number of halogens is 2. The first-order chi connectivity index (χ1) is 8.90. The van der Waals surface area contributed by atoms with Crippen LogP contribution < -0.4 is 0 Å². The van der Waals surface area contributed by atoms with Crippen LogP contribution in [0.2, 0.25) is 0 Å². The first-order valence-corrected chi connectivity index (χ1v) is 7.44. The van der Waals surface area contributed by atoms with Gasteiger partial charge in [0.25, 0.3) is 5.91 Å². The van der Waals surface area contributed by atoms with Crippen LogP contribution in [0.1, 0.15) is 16.8 Å². The number of benzene rings is 1. The van der Waals surface area contributed by atoms with Crippen LogP contribution in [0, 0.1) is 3.57 Å². The van der Waals surface area contributed by atoms with Gasteiger partial charge in [0, 0.05) is 21.0 Å². The van der Waals surface area contributed by atoms with Crippen LogP contribution in [-0.4, -0.2) is 45.7 Å². The molecule has 102 valence electrons. The third-order valence-electron chi connectivity index (χ3n) is 2.98. The van der Waals surface area contributed by atoms with E-state index < -0.39 is 18.1 Å². The van der Waals surface area contributed by atoms with Crippen LogP contribution in [0.5, 0.6) is 0 Å². The molecule has 0 spiro atoms. The number of hydrogen-bond donors (Lipinski definition) is 2. The first-order valence-electron chi connectivity index (χ1n) is 5.57. The Labute approximate surface area is 131 Å². The second-order valence-corrected chi connectivity index (χ2v) is 6.43. The Morgan fingerprint density at radius 1 is 1.42 bits per heavy atom. The molecule has 1 aromatic carbocycles. The van der Waals surface area contributed by atoms with Crippen molar-refractivity contribution in [3.05, 3.63) is 31.8 Å². The summed E-state index contributed by atoms with van der Waals surface area (Å²) in [4.78, 5) is 24.7. The maximum absolute atomic E-state index is 12.4. The van der Waals surface area contributed by atoms with E-state index in [1.54, 1.807) is 12.1 Å². The van der Waals surface area contributed by atoms with Gasteiger partial charge in [-0.1, -0.05) is 0 Å². The SMILES string of the molecule is O=C(O)[C@@H]1C[C@@H](O)CN1C(=O)c1cc(I)ccc1Br. The molecule has 2 rings (SSSR count). The number of aliphatic carboxylic acids is 1. The molecular weight excluding hydrogens is 429 g/mol. The molecule has 5 nitrogen and oxygen atoms in total. The molecule has 0 radical (unpaired) electrons. The zero-order valence-electron chi connectivity index (χ0n) is 9.72. The van der Waals surface area contributed by atoms with Crippen molar-refractivity contribution in [2.45, 2.75) is 18.6 Å². The predicted octanol–water partition coefficient (Wildman–Crippen LogP) is 1.71. The van der Waals surface area contributed by atoms with Gasteiger partial charge in [-0.25, -0.2) is 4.79 Å². The number of amides is 1. The van der Waals surface area contributed by atoms with E-state index >= 15 is 0 Å². The van der Waals surface area contributed by atoms with Crippen molar-refractivity contribution >= 4 is 50.4 Å². The first kappa shape index (κ1) is 14.7. The van der Waals surface area contributed by atoms with E-state index in [-0.39, 0.29) is 18.9 Å². The molecule has 0 saturated carbocycles. The van der Waals surface area contributed by atoms with Crippen LogP contribution in [0.15, 0.2) is 22.7 Å². The number of carboxylic acids is 1. The summed E-state index contributed by atoms with van der Waals surface area (Å²) in [5.74, 6) is -1.47. The van der Waals surface area contributed by atoms with Crippen LogP contribution in [0.4, 0.5) is 0 Å². The summed E-state index contributed by atoms with van der Waals surface area (Å²) in [7, 11) is 0. The highest BCUT2D eigenvalue weighted by molar-refractivity contribution is 14.1. The Bertz CT molecular complexity index is 536. The lowest BCUT2D eigenvalue weighted by Crippen LogP contribution is -2.40. The number of hydrogen-bond acceptors (Lipinski definition) is 3. The molecule has 0 unspecified atom stereocenters. The van der Waals surface area contributed by atoms with Gasteiger partial charge in [0.1, 0.15) is 6.04 Å². The number of aliphatic hydroxyl groups is 1. The van der Waals surface area contributed by atoms with Crippen molar-refractivity contribution in [3.63, 3.8) is 0 Å². The summed E-state index contributed by atoms with van der Waals surface area (Å²) in [6.45, 7) is 0.0493. The second kappa shape index (κ2) is 5.76. The number of carboxylic acid groups (broad SMARTS) is 1. The van der Waals surface area contributed by atoms with E-state index in [4.69, 9.17) is 5.11 Å². The molecule has 19 heavy (non-hydrogen) atoms. The van der Waals surface area contributed by atoms with Crippen LogP contribution in [0.25, 0.3) is 0 Å². The van der Waals surface area contributed by atoms with E-state index in [9.17, 15) is 14.7 Å². The average Bonchev–Trinajstić information content (AvgIpc) is 2.74. The number of β-amino-alcohol motifs (C(OH)–C–C–N with tert-alkyl or cyclic N) is 1. The van der Waals surface area contributed by atoms with Crippen molar-refractivity contribution in [2.75, 3.05) is 6.54 Å². The standard InChI is InChI=1S/C12H11BrINO4/c13-9-2-1-6(14)3-8(9)11(17)15-5-7(16)4-10(15)12(18)19/h1-3,7,10,16H,4-5H2,(H,18,19)/t7-,10+/m1/s1. The van der Waals surface area contributed by atoms with Crippen molar-refractivity contribution in [3.8, 4) is 0 Å². The summed E-state index contributed by atoms with van der Waals surface area (Å²) >= 11 is 5.37. The lowest BCUT2D eigenvalue weighted by Gasteiger charge is -2.21. The predicted molar refractivity (Wildman–Crippen MR) is 79.9 cm³/mol. The molecule has 2 N–H and O–H groups in total. The number of nitrogens with zero attached hydrogens (tertiary/aromatic N) is 1. The normalized spacial score (nSPS) is 22.6. The highest BCUT2D eigenvalue weighted by Gasteiger charge is 2.39. The van der Waals surface area contributed by atoms with E-state index in [2.05, 4.69) is 38.5 Å². The van der Waals surface area contributed by atoms with Gasteiger partial charge in [-0.05, 0) is 56.7 Å². The molecule has 2 atom stereocenters. The monoisotopic (exact) mass is 439 g/mol. The van der Waals surface area contributed by atoms with Crippen LogP contribution in [0.3, 0.4) is 0 Å². The van der Waals surface area contributed by atoms with Gasteiger partial charge in [0.15, 0.2) is 0 Å². The summed E-state index contributed by atoms with van der Waals surface area (Å²) in [5.41, 5.74) is 0.409. The van der Waals surface area contributed by atoms with Gasteiger partial charge in [-0.2, -0.15) is 0 Å². The quantitative estimate of drug-likeness (QED) is 0.688. The van der Waals surface area contributed by atoms with Gasteiger partial charge in [-0.15, -0.1) is 0 Å². The largest absolute Gasteiger partial charge is 0.480 e. The smallest absolute Gasteiger partial charge is 0.326 e. The summed E-state index contributed by atoms with van der Waals surface area (Å²) in [6.07, 6.45) is -0.714. The fourth-order valence-electron chi connectivity index (χ4n) is 2.09. The third-order valence-corrected chi connectivity index (χ3v) is 4.35. The van der Waals surface area contributed by atoms with Gasteiger partial charge in [0.2, 0.25) is 0 Å². The number of carbonyl (C=O) groups excluding carboxylic acids is 1. The minimum Gasteiger partial charge on any atom is -0.480 e. The van der Waals surface area contributed by atoms with Crippen LogP contribution >= 0.6 is 38.5 Å². The van der Waals surface area contributed by atoms with Gasteiger partial charge < -0.3 is 15.1 Å². The number of likely N-dealkylation sites (tertiary alicyclic amines) is 1. The van der Waals surface area contributed by atoms with E-state index in [1.165, 1.54) is 4.90 Å². The summed E-state index contributed by atoms with van der Waals surface area (Å²) in [5, 5.41) is 18.7. The fourth-order valence-corrected chi connectivity index (χ4v) is 3.00. The van der Waals surface area contributed by atoms with E-state index in [1.807, 2.05) is 6.07 Å². The maximum atomic E-state index is 12.4. The lowest BCUT2D eigenvalue weighted by atomic mass is 10.1. The molecule has 1 saturated heterocycles. The molecule has 7 heteroatoms. The zero-order chi connectivity index (χ0) is 14.2. The van der Waals surface area contributed by atoms with Gasteiger partial charge in [0.05, 0.1) is 11.7 Å². The molecule has 1 fully saturated rings. The second-order valence-electron chi connectivity index (χ2n) is 4.33. The van der Waals surface area contributed by atoms with E-state index in [0.29, 0.717) is 10.0 Å². The van der Waals surface area contributed by atoms with Crippen molar-refractivity contribution in [1.82, 2.24) is 4.90 Å². The highest BCUT2D eigenvalue weighted by atomic mass is 127. The molecule has 0 bridgehead atoms. The molecular formula is C12H11BrINO4. The molecule has 1 aliphatic rings. The number of carbonyl (C=O) groups is 2. The third kappa shape index (κ3) is 3.09. The van der Waals surface area contributed by atoms with Crippen molar-refractivity contribution in [2.24, 2.45) is 0 Å². The molecule has 1 heterocycles. The topological polar surface area (TPSA) is 77.8 Å². The molecule has 0 aromatic heterocycles. The fraction of sp³-hybridized carbons (Fsp3) is 0.333. The Morgan fingerprint density at radius 2 is 2.11 bits per heavy atom. The zero-order valence-corrected chi connectivity index (χ0v) is 13.5. The van der Waals surface area contributed by atoms with Crippen molar-refractivity contribution in [1.29, 1.82) is 0 Å². The minimum atomic E-state index is -1.09. The maximum Gasteiger partial charge on any atom is 0.326 e. The Morgan fingerprint density at radius 3 is 2.74 bits per heavy atom. The Kier molecular flexibility index (Phi) is 4.46. The summed E-state index contributed by atoms with van der Waals surface area (Å²) in [6, 6.07) is 4.32. The van der Waals surface area contributed by atoms with Crippen molar-refractivity contribution < 1.29 is 19.8 Å². The molecule has 1 aliphatic heterocycles. The number of rotatable bonds is 2. The molecule has 1 amide bonds. The van der Waals surface area contributed by atoms with Gasteiger partial charge in [-0.3, -0.25) is 4.79 Å². The lowest BCUT2D eigenvalue weighted by molar-refractivity contribution is -0.141.